The van der Waals surface area contributed by atoms with Gasteiger partial charge in [-0.2, -0.15) is 5.10 Å². The van der Waals surface area contributed by atoms with Crippen LogP contribution in [0.15, 0.2) is 89.0 Å². The lowest BCUT2D eigenvalue weighted by Gasteiger charge is -2.32. The largest absolute Gasteiger partial charge is 0.497 e. The highest BCUT2D eigenvalue weighted by atomic mass is 16.5. The molecule has 0 radical (unpaired) electrons. The van der Waals surface area contributed by atoms with Gasteiger partial charge in [-0.3, -0.25) is 4.99 Å². The molecule has 3 aromatic carbocycles. The van der Waals surface area contributed by atoms with Crippen LogP contribution in [-0.4, -0.2) is 37.4 Å². The number of nitrogens with two attached hydrogens (primary N) is 1. The van der Waals surface area contributed by atoms with Crippen molar-refractivity contribution in [3.05, 3.63) is 90.0 Å². The summed E-state index contributed by atoms with van der Waals surface area (Å²) in [6.07, 6.45) is 0.734. The monoisotopic (exact) mass is 425 g/mol. The van der Waals surface area contributed by atoms with Crippen LogP contribution in [0.5, 0.6) is 5.75 Å². The van der Waals surface area contributed by atoms with E-state index in [1.54, 1.807) is 7.11 Å². The number of methoxy groups -OCH3 is 1. The minimum atomic E-state index is -0.127. The van der Waals surface area contributed by atoms with Gasteiger partial charge in [0.2, 0.25) is 0 Å². The number of anilines is 2. The first-order valence-electron chi connectivity index (χ1n) is 10.9. The van der Waals surface area contributed by atoms with Gasteiger partial charge in [-0.05, 0) is 43.8 Å². The lowest BCUT2D eigenvalue weighted by Crippen LogP contribution is -2.45. The molecule has 0 aliphatic carbocycles. The van der Waals surface area contributed by atoms with Crippen LogP contribution in [0.25, 0.3) is 0 Å². The molecule has 3 aromatic rings. The van der Waals surface area contributed by atoms with E-state index in [1.807, 2.05) is 42.5 Å². The highest BCUT2D eigenvalue weighted by molar-refractivity contribution is 6.21. The highest BCUT2D eigenvalue weighted by Gasteiger charge is 2.41. The zero-order valence-electron chi connectivity index (χ0n) is 18.3. The fourth-order valence-corrected chi connectivity index (χ4v) is 4.46. The number of para-hydroxylation sites is 1. The third kappa shape index (κ3) is 3.42. The summed E-state index contributed by atoms with van der Waals surface area (Å²) in [6, 6.07) is 26.6. The van der Waals surface area contributed by atoms with Crippen LogP contribution in [0.1, 0.15) is 24.5 Å². The average molecular weight is 426 g/mol. The Morgan fingerprint density at radius 3 is 2.38 bits per heavy atom. The summed E-state index contributed by atoms with van der Waals surface area (Å²) in [5.41, 5.74) is 11.2. The van der Waals surface area contributed by atoms with E-state index in [4.69, 9.17) is 20.6 Å². The third-order valence-corrected chi connectivity index (χ3v) is 5.94. The highest BCUT2D eigenvalue weighted by Crippen LogP contribution is 2.38. The molecule has 2 heterocycles. The molecular formula is C26H27N5O. The summed E-state index contributed by atoms with van der Waals surface area (Å²) >= 11 is 0. The fraction of sp³-hybridized carbons (Fsp3) is 0.231. The summed E-state index contributed by atoms with van der Waals surface area (Å²) in [5.74, 6) is 1.72. The minimum Gasteiger partial charge on any atom is -0.497 e. The second kappa shape index (κ2) is 8.48. The second-order valence-electron chi connectivity index (χ2n) is 7.97. The van der Waals surface area contributed by atoms with E-state index in [9.17, 15) is 0 Å². The SMILES string of the molecule is COc1ccc2c(c1)C(c1ccccc1)=NC(C)C1=NN(c3ccccc3)C(CCN)N12. The topological polar surface area (TPSA) is 66.5 Å². The van der Waals surface area contributed by atoms with Gasteiger partial charge in [-0.15, -0.1) is 0 Å². The maximum absolute atomic E-state index is 6.08. The average Bonchev–Trinajstić information content (AvgIpc) is 3.17. The first-order chi connectivity index (χ1) is 15.7. The van der Waals surface area contributed by atoms with Crippen molar-refractivity contribution in [1.29, 1.82) is 0 Å². The zero-order chi connectivity index (χ0) is 22.1. The standard InChI is InChI=1S/C26H27N5O/c1-18-26-29-31(20-11-7-4-8-12-20)24(15-16-27)30(26)23-14-13-21(32-2)17-22(23)25(28-18)19-9-5-3-6-10-19/h3-14,17-18,24H,15-16,27H2,1-2H3. The summed E-state index contributed by atoms with van der Waals surface area (Å²) in [6.45, 7) is 2.66. The number of rotatable bonds is 5. The molecule has 0 fully saturated rings. The normalized spacial score (nSPS) is 19.6. The van der Waals surface area contributed by atoms with Crippen molar-refractivity contribution < 1.29 is 4.74 Å². The first-order valence-corrected chi connectivity index (χ1v) is 10.9. The van der Waals surface area contributed by atoms with E-state index in [1.165, 1.54) is 0 Å². The number of hydrogen-bond acceptors (Lipinski definition) is 6. The van der Waals surface area contributed by atoms with Gasteiger partial charge in [0.25, 0.3) is 0 Å². The molecule has 2 aliphatic heterocycles. The van der Waals surface area contributed by atoms with Crippen molar-refractivity contribution >= 4 is 22.9 Å². The van der Waals surface area contributed by atoms with Crippen LogP contribution >= 0.6 is 0 Å². The molecule has 6 nitrogen and oxygen atoms in total. The van der Waals surface area contributed by atoms with Crippen molar-refractivity contribution in [3.63, 3.8) is 0 Å². The number of aliphatic imine (C=N–C) groups is 1. The van der Waals surface area contributed by atoms with E-state index in [0.29, 0.717) is 6.54 Å². The van der Waals surface area contributed by atoms with Crippen LogP contribution in [0.3, 0.4) is 0 Å². The molecule has 162 valence electrons. The molecule has 0 aromatic heterocycles. The molecule has 2 N–H and O–H groups in total. The van der Waals surface area contributed by atoms with Gasteiger partial charge < -0.3 is 15.4 Å². The molecular weight excluding hydrogens is 398 g/mol. The van der Waals surface area contributed by atoms with Crippen LogP contribution in [0.4, 0.5) is 11.4 Å². The second-order valence-corrected chi connectivity index (χ2v) is 7.97. The number of amidine groups is 1. The van der Waals surface area contributed by atoms with Gasteiger partial charge in [0.15, 0.2) is 5.84 Å². The fourth-order valence-electron chi connectivity index (χ4n) is 4.46. The van der Waals surface area contributed by atoms with Crippen molar-refractivity contribution in [2.45, 2.75) is 25.6 Å². The number of ether oxygens (including phenoxy) is 1. The molecule has 0 saturated carbocycles. The number of hydrogen-bond donors (Lipinski definition) is 1. The third-order valence-electron chi connectivity index (χ3n) is 5.94. The van der Waals surface area contributed by atoms with Crippen LogP contribution in [-0.2, 0) is 0 Å². The Morgan fingerprint density at radius 2 is 1.69 bits per heavy atom. The summed E-state index contributed by atoms with van der Waals surface area (Å²) < 4.78 is 5.57. The quantitative estimate of drug-likeness (QED) is 0.664. The Kier molecular flexibility index (Phi) is 5.37. The van der Waals surface area contributed by atoms with Crippen molar-refractivity contribution in [2.24, 2.45) is 15.8 Å². The predicted molar refractivity (Wildman–Crippen MR) is 131 cm³/mol. The molecule has 6 heteroatoms. The van der Waals surface area contributed by atoms with Gasteiger partial charge in [-0.1, -0.05) is 48.5 Å². The summed E-state index contributed by atoms with van der Waals surface area (Å²) in [4.78, 5) is 7.46. The Bertz CT molecular complexity index is 1160. The Labute approximate surface area is 188 Å². The van der Waals surface area contributed by atoms with Crippen molar-refractivity contribution in [2.75, 3.05) is 23.6 Å². The minimum absolute atomic E-state index is 0.0303. The van der Waals surface area contributed by atoms with Gasteiger partial charge in [0.1, 0.15) is 18.0 Å². The summed E-state index contributed by atoms with van der Waals surface area (Å²) in [7, 11) is 1.69. The lowest BCUT2D eigenvalue weighted by molar-refractivity contribution is 0.414. The number of hydrazone groups is 1. The lowest BCUT2D eigenvalue weighted by atomic mass is 9.99. The van der Waals surface area contributed by atoms with E-state index >= 15 is 0 Å². The Morgan fingerprint density at radius 1 is 0.969 bits per heavy atom. The molecule has 2 atom stereocenters. The molecule has 0 bridgehead atoms. The molecule has 0 spiro atoms. The predicted octanol–water partition coefficient (Wildman–Crippen LogP) is 4.25. The molecule has 0 saturated heterocycles. The van der Waals surface area contributed by atoms with Crippen molar-refractivity contribution in [1.82, 2.24) is 0 Å². The maximum atomic E-state index is 6.08. The van der Waals surface area contributed by atoms with Gasteiger partial charge in [-0.25, -0.2) is 5.01 Å². The molecule has 2 unspecified atom stereocenters. The first kappa shape index (κ1) is 20.3. The van der Waals surface area contributed by atoms with Crippen LogP contribution < -0.4 is 20.4 Å². The maximum Gasteiger partial charge on any atom is 0.156 e. The van der Waals surface area contributed by atoms with E-state index < -0.39 is 0 Å². The number of nitrogens with zero attached hydrogens (tertiary/aromatic N) is 4. The van der Waals surface area contributed by atoms with E-state index in [0.717, 1.165) is 46.2 Å². The Balaban J connectivity index is 1.72. The smallest absolute Gasteiger partial charge is 0.156 e. The van der Waals surface area contributed by atoms with Crippen LogP contribution in [0.2, 0.25) is 0 Å². The van der Waals surface area contributed by atoms with Crippen molar-refractivity contribution in [3.8, 4) is 5.75 Å². The molecule has 32 heavy (non-hydrogen) atoms. The molecule has 2 aliphatic rings. The number of fused-ring (bicyclic) bond motifs is 3. The van der Waals surface area contributed by atoms with E-state index in [2.05, 4.69) is 53.2 Å². The summed E-state index contributed by atoms with van der Waals surface area (Å²) in [5, 5.41) is 7.15. The molecule has 0 amide bonds. The van der Waals surface area contributed by atoms with Gasteiger partial charge >= 0.3 is 0 Å². The molecule has 5 rings (SSSR count). The van der Waals surface area contributed by atoms with Crippen LogP contribution in [0, 0.1) is 0 Å². The van der Waals surface area contributed by atoms with Gasteiger partial charge in [0, 0.05) is 17.5 Å². The zero-order valence-corrected chi connectivity index (χ0v) is 18.3. The number of benzene rings is 3. The Hall–Kier alpha value is -3.64. The van der Waals surface area contributed by atoms with Gasteiger partial charge in [0.05, 0.1) is 24.2 Å². The van der Waals surface area contributed by atoms with E-state index in [-0.39, 0.29) is 12.2 Å².